The summed E-state index contributed by atoms with van der Waals surface area (Å²) in [6.07, 6.45) is -0.466. The van der Waals surface area contributed by atoms with Crippen LogP contribution in [0.5, 0.6) is 0 Å². The van der Waals surface area contributed by atoms with Crippen molar-refractivity contribution in [2.24, 2.45) is 5.41 Å². The zero-order chi connectivity index (χ0) is 20.4. The van der Waals surface area contributed by atoms with Crippen LogP contribution in [0, 0.1) is 5.41 Å². The molecule has 2 aromatic carbocycles. The third-order valence-corrected chi connectivity index (χ3v) is 6.56. The number of carbonyl (C=O) groups is 1. The van der Waals surface area contributed by atoms with E-state index in [4.69, 9.17) is 4.74 Å². The highest BCUT2D eigenvalue weighted by atomic mass is 32.1. The lowest BCUT2D eigenvalue weighted by Crippen LogP contribution is -2.40. The monoisotopic (exact) mass is 407 g/mol. The van der Waals surface area contributed by atoms with Gasteiger partial charge in [0.1, 0.15) is 6.61 Å². The van der Waals surface area contributed by atoms with E-state index in [1.54, 1.807) is 11.3 Å². The van der Waals surface area contributed by atoms with E-state index in [1.807, 2.05) is 55.6 Å². The molecular weight excluding hydrogens is 382 g/mol. The molecular formula is C24H25NO3S. The van der Waals surface area contributed by atoms with Crippen molar-refractivity contribution in [2.45, 2.75) is 25.8 Å². The van der Waals surface area contributed by atoms with Gasteiger partial charge in [0.05, 0.1) is 12.6 Å². The third-order valence-electron chi connectivity index (χ3n) is 5.62. The Balaban J connectivity index is 1.50. The van der Waals surface area contributed by atoms with Gasteiger partial charge in [-0.2, -0.15) is 0 Å². The fourth-order valence-corrected chi connectivity index (χ4v) is 4.94. The Labute approximate surface area is 175 Å². The van der Waals surface area contributed by atoms with Crippen LogP contribution >= 0.6 is 11.3 Å². The predicted octanol–water partition coefficient (Wildman–Crippen LogP) is 5.35. The minimum Gasteiger partial charge on any atom is -0.449 e. The maximum atomic E-state index is 12.7. The molecule has 150 valence electrons. The molecule has 5 heteroatoms. The molecule has 0 saturated carbocycles. The molecule has 1 aliphatic carbocycles. The summed E-state index contributed by atoms with van der Waals surface area (Å²) in [5, 5.41) is 14.7. The Bertz CT molecular complexity index is 951. The summed E-state index contributed by atoms with van der Waals surface area (Å²) in [5.74, 6) is 0.0270. The van der Waals surface area contributed by atoms with Crippen molar-refractivity contribution < 1.29 is 14.6 Å². The number of rotatable bonds is 6. The summed E-state index contributed by atoms with van der Waals surface area (Å²) in [5.41, 5.74) is 4.28. The largest absolute Gasteiger partial charge is 0.449 e. The minimum absolute atomic E-state index is 0.0270. The lowest BCUT2D eigenvalue weighted by Gasteiger charge is -2.32. The quantitative estimate of drug-likeness (QED) is 0.579. The molecule has 0 spiro atoms. The van der Waals surface area contributed by atoms with Gasteiger partial charge in [-0.3, -0.25) is 0 Å². The van der Waals surface area contributed by atoms with Gasteiger partial charge in [-0.05, 0) is 33.7 Å². The number of carbonyl (C=O) groups excluding carboxylic acids is 1. The molecule has 1 aromatic heterocycles. The number of ether oxygens (including phenoxy) is 1. The number of nitrogens with one attached hydrogen (secondary N) is 1. The van der Waals surface area contributed by atoms with Gasteiger partial charge in [0.25, 0.3) is 0 Å². The van der Waals surface area contributed by atoms with Crippen LogP contribution in [0.3, 0.4) is 0 Å². The van der Waals surface area contributed by atoms with Crippen LogP contribution < -0.4 is 5.32 Å². The molecule has 2 N–H and O–H groups in total. The minimum atomic E-state index is -0.504. The molecule has 1 amide bonds. The molecule has 0 aliphatic heterocycles. The van der Waals surface area contributed by atoms with E-state index in [0.29, 0.717) is 0 Å². The molecule has 4 nitrogen and oxygen atoms in total. The van der Waals surface area contributed by atoms with Gasteiger partial charge in [0, 0.05) is 16.2 Å². The van der Waals surface area contributed by atoms with Crippen molar-refractivity contribution in [1.82, 2.24) is 5.32 Å². The first-order valence-corrected chi connectivity index (χ1v) is 10.6. The Morgan fingerprint density at radius 3 is 2.24 bits per heavy atom. The van der Waals surface area contributed by atoms with Gasteiger partial charge in [-0.15, -0.1) is 11.3 Å². The van der Waals surface area contributed by atoms with E-state index >= 15 is 0 Å². The van der Waals surface area contributed by atoms with Crippen LogP contribution in [0.15, 0.2) is 66.0 Å². The Morgan fingerprint density at radius 1 is 1.07 bits per heavy atom. The fourth-order valence-electron chi connectivity index (χ4n) is 3.96. The average Bonchev–Trinajstić information content (AvgIpc) is 3.37. The first-order chi connectivity index (χ1) is 14.0. The number of aliphatic hydroxyl groups excluding tert-OH is 1. The lowest BCUT2D eigenvalue weighted by atomic mass is 9.84. The van der Waals surface area contributed by atoms with Gasteiger partial charge >= 0.3 is 6.09 Å². The standard InChI is InChI=1S/C24H25NO3S/c1-24(2,15-26)22(21-12-7-13-29-21)25-23(27)28-14-20-18-10-5-3-8-16(18)17-9-4-6-11-19(17)20/h3-13,20,22,26H,14-15H2,1-2H3,(H,25,27). The van der Waals surface area contributed by atoms with Crippen LogP contribution in [0.4, 0.5) is 4.79 Å². The number of benzene rings is 2. The summed E-state index contributed by atoms with van der Waals surface area (Å²) in [6, 6.07) is 20.1. The van der Waals surface area contributed by atoms with Crippen LogP contribution in [-0.2, 0) is 4.74 Å². The van der Waals surface area contributed by atoms with Crippen molar-refractivity contribution in [3.05, 3.63) is 82.0 Å². The number of thiophene rings is 1. The molecule has 4 rings (SSSR count). The topological polar surface area (TPSA) is 58.6 Å². The second kappa shape index (κ2) is 8.01. The molecule has 1 atom stereocenters. The second-order valence-electron chi connectivity index (χ2n) is 8.07. The molecule has 0 saturated heterocycles. The van der Waals surface area contributed by atoms with Crippen molar-refractivity contribution in [2.75, 3.05) is 13.2 Å². The molecule has 1 aliphatic rings. The number of hydrogen-bond donors (Lipinski definition) is 2. The number of aliphatic hydroxyl groups is 1. The first kappa shape index (κ1) is 19.7. The third kappa shape index (κ3) is 3.80. The maximum Gasteiger partial charge on any atom is 0.407 e. The van der Waals surface area contributed by atoms with Gasteiger partial charge in [-0.1, -0.05) is 68.4 Å². The highest BCUT2D eigenvalue weighted by Gasteiger charge is 2.34. The highest BCUT2D eigenvalue weighted by molar-refractivity contribution is 7.10. The summed E-state index contributed by atoms with van der Waals surface area (Å²) in [7, 11) is 0. The molecule has 0 bridgehead atoms. The number of amides is 1. The van der Waals surface area contributed by atoms with Crippen molar-refractivity contribution in [3.63, 3.8) is 0 Å². The summed E-state index contributed by atoms with van der Waals surface area (Å²) < 4.78 is 5.68. The molecule has 3 aromatic rings. The van der Waals surface area contributed by atoms with Gasteiger partial charge < -0.3 is 15.2 Å². The van der Waals surface area contributed by atoms with Crippen LogP contribution in [0.25, 0.3) is 11.1 Å². The normalized spacial score (nSPS) is 14.2. The van der Waals surface area contributed by atoms with Gasteiger partial charge in [0.15, 0.2) is 0 Å². The number of alkyl carbamates (subject to hydrolysis) is 1. The lowest BCUT2D eigenvalue weighted by molar-refractivity contribution is 0.0978. The van der Waals surface area contributed by atoms with Gasteiger partial charge in [0.2, 0.25) is 0 Å². The fraction of sp³-hybridized carbons (Fsp3) is 0.292. The van der Waals surface area contributed by atoms with Gasteiger partial charge in [-0.25, -0.2) is 4.79 Å². The Morgan fingerprint density at radius 2 is 1.69 bits per heavy atom. The molecule has 1 unspecified atom stereocenters. The smallest absolute Gasteiger partial charge is 0.407 e. The number of fused-ring (bicyclic) bond motifs is 3. The van der Waals surface area contributed by atoms with E-state index in [2.05, 4.69) is 29.6 Å². The Kier molecular flexibility index (Phi) is 5.43. The predicted molar refractivity (Wildman–Crippen MR) is 116 cm³/mol. The first-order valence-electron chi connectivity index (χ1n) is 9.77. The summed E-state index contributed by atoms with van der Waals surface area (Å²) in [6.45, 7) is 4.10. The summed E-state index contributed by atoms with van der Waals surface area (Å²) in [4.78, 5) is 13.7. The summed E-state index contributed by atoms with van der Waals surface area (Å²) >= 11 is 1.56. The van der Waals surface area contributed by atoms with E-state index in [1.165, 1.54) is 22.3 Å². The zero-order valence-corrected chi connectivity index (χ0v) is 17.4. The van der Waals surface area contributed by atoms with E-state index < -0.39 is 11.5 Å². The van der Waals surface area contributed by atoms with Crippen molar-refractivity contribution >= 4 is 17.4 Å². The van der Waals surface area contributed by atoms with Crippen molar-refractivity contribution in [3.8, 4) is 11.1 Å². The van der Waals surface area contributed by atoms with Crippen LogP contribution in [0.1, 0.15) is 41.8 Å². The maximum absolute atomic E-state index is 12.7. The SMILES string of the molecule is CC(C)(CO)C(NC(=O)OCC1c2ccccc2-c2ccccc21)c1cccs1. The Hall–Kier alpha value is -2.63. The van der Waals surface area contributed by atoms with Crippen molar-refractivity contribution in [1.29, 1.82) is 0 Å². The van der Waals surface area contributed by atoms with E-state index in [-0.39, 0.29) is 25.2 Å². The average molecular weight is 408 g/mol. The molecule has 29 heavy (non-hydrogen) atoms. The van der Waals surface area contributed by atoms with Crippen LogP contribution in [0.2, 0.25) is 0 Å². The molecule has 1 heterocycles. The highest BCUT2D eigenvalue weighted by Crippen LogP contribution is 2.44. The number of hydrogen-bond acceptors (Lipinski definition) is 4. The molecule has 0 fully saturated rings. The molecule has 0 radical (unpaired) electrons. The zero-order valence-electron chi connectivity index (χ0n) is 16.6. The van der Waals surface area contributed by atoms with E-state index in [0.717, 1.165) is 4.88 Å². The van der Waals surface area contributed by atoms with Crippen LogP contribution in [-0.4, -0.2) is 24.4 Å². The second-order valence-corrected chi connectivity index (χ2v) is 9.04. The van der Waals surface area contributed by atoms with E-state index in [9.17, 15) is 9.90 Å².